The number of carbonyl (C=O) groups is 1. The second-order valence-electron chi connectivity index (χ2n) is 3.97. The van der Waals surface area contributed by atoms with Gasteiger partial charge < -0.3 is 14.6 Å². The zero-order valence-electron chi connectivity index (χ0n) is 10.2. The average Bonchev–Trinajstić information content (AvgIpc) is 2.37. The van der Waals surface area contributed by atoms with Crippen LogP contribution < -0.4 is 9.47 Å². The molecule has 0 heterocycles. The quantitative estimate of drug-likeness (QED) is 0.901. The van der Waals surface area contributed by atoms with E-state index in [1.165, 1.54) is 6.92 Å². The Morgan fingerprint density at radius 1 is 1.11 bits per heavy atom. The number of rotatable bonds is 4. The van der Waals surface area contributed by atoms with Crippen LogP contribution in [-0.2, 0) is 4.79 Å². The van der Waals surface area contributed by atoms with E-state index in [4.69, 9.17) is 14.6 Å². The van der Waals surface area contributed by atoms with E-state index >= 15 is 0 Å². The average molecular weight is 246 g/mol. The lowest BCUT2D eigenvalue weighted by atomic mass is 10.1. The predicted molar refractivity (Wildman–Crippen MR) is 68.2 cm³/mol. The molecule has 2 aromatic carbocycles. The molecule has 0 aliphatic rings. The van der Waals surface area contributed by atoms with Gasteiger partial charge >= 0.3 is 5.97 Å². The van der Waals surface area contributed by atoms with Crippen LogP contribution in [0.4, 0.5) is 0 Å². The summed E-state index contributed by atoms with van der Waals surface area (Å²) in [7, 11) is 1.62. The minimum Gasteiger partial charge on any atom is -0.497 e. The predicted octanol–water partition coefficient (Wildman–Crippen LogP) is 2.70. The summed E-state index contributed by atoms with van der Waals surface area (Å²) in [5.74, 6) is 0.350. The fourth-order valence-corrected chi connectivity index (χ4v) is 1.66. The van der Waals surface area contributed by atoms with Crippen LogP contribution in [0.25, 0.3) is 10.8 Å². The van der Waals surface area contributed by atoms with E-state index in [9.17, 15) is 4.79 Å². The Hall–Kier alpha value is -2.23. The lowest BCUT2D eigenvalue weighted by Crippen LogP contribution is -2.22. The van der Waals surface area contributed by atoms with E-state index in [2.05, 4.69) is 0 Å². The molecule has 0 aliphatic heterocycles. The van der Waals surface area contributed by atoms with Gasteiger partial charge in [0.2, 0.25) is 0 Å². The molecule has 0 radical (unpaired) electrons. The summed E-state index contributed by atoms with van der Waals surface area (Å²) in [6, 6.07) is 11.1. The van der Waals surface area contributed by atoms with Crippen molar-refractivity contribution in [3.63, 3.8) is 0 Å². The Morgan fingerprint density at radius 3 is 2.22 bits per heavy atom. The first-order valence-electron chi connectivity index (χ1n) is 5.57. The van der Waals surface area contributed by atoms with Crippen LogP contribution in [0, 0.1) is 0 Å². The van der Waals surface area contributed by atoms with Crippen LogP contribution in [0.15, 0.2) is 36.4 Å². The van der Waals surface area contributed by atoms with Crippen LogP contribution in [-0.4, -0.2) is 24.3 Å². The van der Waals surface area contributed by atoms with Crippen molar-refractivity contribution >= 4 is 16.7 Å². The maximum absolute atomic E-state index is 10.7. The summed E-state index contributed by atoms with van der Waals surface area (Å²) in [5, 5.41) is 10.8. The van der Waals surface area contributed by atoms with Gasteiger partial charge in [0, 0.05) is 0 Å². The van der Waals surface area contributed by atoms with E-state index in [1.54, 1.807) is 13.2 Å². The molecule has 0 bridgehead atoms. The number of methoxy groups -OCH3 is 1. The van der Waals surface area contributed by atoms with E-state index < -0.39 is 12.1 Å². The molecule has 2 rings (SSSR count). The fourth-order valence-electron chi connectivity index (χ4n) is 1.66. The molecule has 0 saturated heterocycles. The van der Waals surface area contributed by atoms with Crippen molar-refractivity contribution in [2.75, 3.05) is 7.11 Å². The molecule has 2 aromatic rings. The molecule has 0 aliphatic carbocycles. The number of hydrogen-bond donors (Lipinski definition) is 1. The summed E-state index contributed by atoms with van der Waals surface area (Å²) in [6.07, 6.45) is -0.860. The first-order chi connectivity index (χ1) is 8.60. The normalized spacial score (nSPS) is 12.1. The molecule has 0 unspecified atom stereocenters. The Kier molecular flexibility index (Phi) is 3.37. The van der Waals surface area contributed by atoms with Crippen LogP contribution in [0.2, 0.25) is 0 Å². The molecular weight excluding hydrogens is 232 g/mol. The summed E-state index contributed by atoms with van der Waals surface area (Å²) in [6.45, 7) is 1.50. The molecule has 4 heteroatoms. The van der Waals surface area contributed by atoms with Gasteiger partial charge in [-0.1, -0.05) is 12.1 Å². The van der Waals surface area contributed by atoms with E-state index in [0.29, 0.717) is 5.75 Å². The van der Waals surface area contributed by atoms with Crippen molar-refractivity contribution in [1.29, 1.82) is 0 Å². The standard InChI is InChI=1S/C14H14O4/c1-9(14(15)16)18-13-6-4-10-7-12(17-2)5-3-11(10)8-13/h3-9H,1-2H3,(H,15,16)/t9-/m1/s1. The van der Waals surface area contributed by atoms with Gasteiger partial charge in [-0.05, 0) is 42.0 Å². The zero-order chi connectivity index (χ0) is 13.1. The largest absolute Gasteiger partial charge is 0.497 e. The summed E-state index contributed by atoms with van der Waals surface area (Å²) in [5.41, 5.74) is 0. The molecule has 0 aromatic heterocycles. The lowest BCUT2D eigenvalue weighted by Gasteiger charge is -2.11. The maximum Gasteiger partial charge on any atom is 0.344 e. The van der Waals surface area contributed by atoms with Gasteiger partial charge in [-0.3, -0.25) is 0 Å². The molecule has 94 valence electrons. The summed E-state index contributed by atoms with van der Waals surface area (Å²) >= 11 is 0. The van der Waals surface area contributed by atoms with Crippen molar-refractivity contribution in [2.24, 2.45) is 0 Å². The molecule has 18 heavy (non-hydrogen) atoms. The number of carboxylic acid groups (broad SMARTS) is 1. The van der Waals surface area contributed by atoms with Crippen molar-refractivity contribution < 1.29 is 19.4 Å². The van der Waals surface area contributed by atoms with Crippen LogP contribution in [0.3, 0.4) is 0 Å². The van der Waals surface area contributed by atoms with Crippen LogP contribution in [0.1, 0.15) is 6.92 Å². The Bertz CT molecular complexity index is 577. The summed E-state index contributed by atoms with van der Waals surface area (Å²) in [4.78, 5) is 10.7. The molecule has 1 atom stereocenters. The third-order valence-corrected chi connectivity index (χ3v) is 2.68. The number of fused-ring (bicyclic) bond motifs is 1. The van der Waals surface area contributed by atoms with Crippen molar-refractivity contribution in [1.82, 2.24) is 0 Å². The van der Waals surface area contributed by atoms with Crippen molar-refractivity contribution in [2.45, 2.75) is 13.0 Å². The molecule has 4 nitrogen and oxygen atoms in total. The van der Waals surface area contributed by atoms with E-state index in [0.717, 1.165) is 16.5 Å². The molecule has 1 N–H and O–H groups in total. The highest BCUT2D eigenvalue weighted by Crippen LogP contribution is 2.25. The zero-order valence-corrected chi connectivity index (χ0v) is 10.2. The molecule has 0 spiro atoms. The minimum atomic E-state index is -0.982. The maximum atomic E-state index is 10.7. The lowest BCUT2D eigenvalue weighted by molar-refractivity contribution is -0.144. The summed E-state index contributed by atoms with van der Waals surface area (Å²) < 4.78 is 10.4. The highest BCUT2D eigenvalue weighted by Gasteiger charge is 2.12. The Labute approximate surface area is 105 Å². The van der Waals surface area contributed by atoms with Gasteiger partial charge in [0.15, 0.2) is 6.10 Å². The van der Waals surface area contributed by atoms with Gasteiger partial charge in [-0.25, -0.2) is 4.79 Å². The fraction of sp³-hybridized carbons (Fsp3) is 0.214. The second-order valence-corrected chi connectivity index (χ2v) is 3.97. The number of ether oxygens (including phenoxy) is 2. The monoisotopic (exact) mass is 246 g/mol. The third kappa shape index (κ3) is 2.53. The van der Waals surface area contributed by atoms with Crippen molar-refractivity contribution in [3.8, 4) is 11.5 Å². The topological polar surface area (TPSA) is 55.8 Å². The molecule has 0 fully saturated rings. The van der Waals surface area contributed by atoms with Gasteiger partial charge in [0.25, 0.3) is 0 Å². The van der Waals surface area contributed by atoms with Gasteiger partial charge in [0.05, 0.1) is 7.11 Å². The van der Waals surface area contributed by atoms with Crippen LogP contribution >= 0.6 is 0 Å². The minimum absolute atomic E-state index is 0.544. The van der Waals surface area contributed by atoms with Crippen LogP contribution in [0.5, 0.6) is 11.5 Å². The van der Waals surface area contributed by atoms with Gasteiger partial charge in [0.1, 0.15) is 11.5 Å². The smallest absolute Gasteiger partial charge is 0.344 e. The third-order valence-electron chi connectivity index (χ3n) is 2.68. The van der Waals surface area contributed by atoms with Gasteiger partial charge in [-0.15, -0.1) is 0 Å². The first-order valence-corrected chi connectivity index (χ1v) is 5.57. The van der Waals surface area contributed by atoms with Gasteiger partial charge in [-0.2, -0.15) is 0 Å². The number of aliphatic carboxylic acids is 1. The number of carboxylic acids is 1. The number of hydrogen-bond acceptors (Lipinski definition) is 3. The highest BCUT2D eigenvalue weighted by atomic mass is 16.5. The molecule has 0 saturated carbocycles. The van der Waals surface area contributed by atoms with E-state index in [1.807, 2.05) is 30.3 Å². The molecular formula is C14H14O4. The highest BCUT2D eigenvalue weighted by molar-refractivity contribution is 5.85. The SMILES string of the molecule is COc1ccc2cc(O[C@H](C)C(=O)O)ccc2c1. The van der Waals surface area contributed by atoms with E-state index in [-0.39, 0.29) is 0 Å². The number of benzene rings is 2. The van der Waals surface area contributed by atoms with Crippen molar-refractivity contribution in [3.05, 3.63) is 36.4 Å². The first kappa shape index (κ1) is 12.2. The Morgan fingerprint density at radius 2 is 1.67 bits per heavy atom. The second kappa shape index (κ2) is 4.96. The Balaban J connectivity index is 2.30. The molecule has 0 amide bonds.